The molecule has 1 saturated heterocycles. The molecular formula is C8H14O3. The summed E-state index contributed by atoms with van der Waals surface area (Å²) < 4.78 is 5.29. The number of carbonyl (C=O) groups is 1. The van der Waals surface area contributed by atoms with Crippen molar-refractivity contribution in [2.75, 3.05) is 6.61 Å². The predicted octanol–water partition coefficient (Wildman–Crippen LogP) is 1.28. The minimum absolute atomic E-state index is 0.0301. The van der Waals surface area contributed by atoms with Crippen LogP contribution in [0, 0.1) is 5.92 Å². The van der Waals surface area contributed by atoms with Gasteiger partial charge in [0.15, 0.2) is 0 Å². The van der Waals surface area contributed by atoms with Crippen LogP contribution in [0.15, 0.2) is 0 Å². The van der Waals surface area contributed by atoms with Crippen LogP contribution in [-0.2, 0) is 9.53 Å². The highest BCUT2D eigenvalue weighted by atomic mass is 16.5. The van der Waals surface area contributed by atoms with Crippen molar-refractivity contribution in [1.29, 1.82) is 0 Å². The summed E-state index contributed by atoms with van der Waals surface area (Å²) in [6.45, 7) is 2.62. The minimum Gasteiger partial charge on any atom is -0.481 e. The van der Waals surface area contributed by atoms with E-state index in [1.54, 1.807) is 0 Å². The van der Waals surface area contributed by atoms with Gasteiger partial charge in [-0.05, 0) is 19.3 Å². The first kappa shape index (κ1) is 8.53. The molecule has 0 aromatic carbocycles. The van der Waals surface area contributed by atoms with Gasteiger partial charge in [0.05, 0.1) is 12.0 Å². The first-order chi connectivity index (χ1) is 5.25. The molecule has 0 amide bonds. The lowest BCUT2D eigenvalue weighted by Crippen LogP contribution is -2.26. The van der Waals surface area contributed by atoms with E-state index in [1.807, 2.05) is 6.92 Å². The zero-order valence-electron chi connectivity index (χ0n) is 6.75. The SMILES string of the molecule is CCC(C(=O)O)[C@H]1CCCO1. The third-order valence-electron chi connectivity index (χ3n) is 2.17. The van der Waals surface area contributed by atoms with Crippen LogP contribution in [0.3, 0.4) is 0 Å². The fourth-order valence-electron chi connectivity index (χ4n) is 1.52. The van der Waals surface area contributed by atoms with Gasteiger partial charge >= 0.3 is 5.97 Å². The van der Waals surface area contributed by atoms with Gasteiger partial charge in [0, 0.05) is 6.61 Å². The largest absolute Gasteiger partial charge is 0.481 e. The van der Waals surface area contributed by atoms with E-state index in [-0.39, 0.29) is 12.0 Å². The van der Waals surface area contributed by atoms with Crippen molar-refractivity contribution in [3.8, 4) is 0 Å². The Kier molecular flexibility index (Phi) is 2.88. The molecule has 2 atom stereocenters. The van der Waals surface area contributed by atoms with Crippen LogP contribution in [0.5, 0.6) is 0 Å². The quantitative estimate of drug-likeness (QED) is 0.673. The maximum atomic E-state index is 10.6. The molecule has 0 aliphatic carbocycles. The van der Waals surface area contributed by atoms with Gasteiger partial charge in [0.1, 0.15) is 0 Å². The highest BCUT2D eigenvalue weighted by Crippen LogP contribution is 2.22. The van der Waals surface area contributed by atoms with E-state index < -0.39 is 5.97 Å². The molecule has 1 N–H and O–H groups in total. The number of rotatable bonds is 3. The fourth-order valence-corrected chi connectivity index (χ4v) is 1.52. The second-order valence-corrected chi connectivity index (χ2v) is 2.90. The third-order valence-corrected chi connectivity index (χ3v) is 2.17. The number of carboxylic acid groups (broad SMARTS) is 1. The van der Waals surface area contributed by atoms with Crippen molar-refractivity contribution in [2.45, 2.75) is 32.3 Å². The molecule has 64 valence electrons. The first-order valence-electron chi connectivity index (χ1n) is 4.10. The van der Waals surface area contributed by atoms with Crippen molar-refractivity contribution in [2.24, 2.45) is 5.92 Å². The Hall–Kier alpha value is -0.570. The molecule has 1 aliphatic heterocycles. The summed E-state index contributed by atoms with van der Waals surface area (Å²) in [5.41, 5.74) is 0. The molecule has 0 aromatic heterocycles. The average molecular weight is 158 g/mol. The van der Waals surface area contributed by atoms with Crippen LogP contribution < -0.4 is 0 Å². The van der Waals surface area contributed by atoms with Gasteiger partial charge in [-0.15, -0.1) is 0 Å². The number of aliphatic carboxylic acids is 1. The Balaban J connectivity index is 2.46. The number of hydrogen-bond donors (Lipinski definition) is 1. The lowest BCUT2D eigenvalue weighted by molar-refractivity contribution is -0.146. The molecule has 0 bridgehead atoms. The van der Waals surface area contributed by atoms with Crippen LogP contribution in [0.2, 0.25) is 0 Å². The molecule has 0 aromatic rings. The van der Waals surface area contributed by atoms with Gasteiger partial charge < -0.3 is 9.84 Å². The molecule has 3 heteroatoms. The van der Waals surface area contributed by atoms with E-state index in [9.17, 15) is 4.79 Å². The second kappa shape index (κ2) is 3.72. The second-order valence-electron chi connectivity index (χ2n) is 2.90. The summed E-state index contributed by atoms with van der Waals surface area (Å²) in [4.78, 5) is 10.6. The summed E-state index contributed by atoms with van der Waals surface area (Å²) in [5, 5.41) is 8.75. The standard InChI is InChI=1S/C8H14O3/c1-2-6(8(9)10)7-4-3-5-11-7/h6-7H,2-5H2,1H3,(H,9,10)/t6?,7-/m1/s1. The molecule has 11 heavy (non-hydrogen) atoms. The van der Waals surface area contributed by atoms with E-state index >= 15 is 0 Å². The number of carboxylic acids is 1. The summed E-state index contributed by atoms with van der Waals surface area (Å²) in [7, 11) is 0. The van der Waals surface area contributed by atoms with Crippen molar-refractivity contribution in [3.05, 3.63) is 0 Å². The molecule has 0 radical (unpaired) electrons. The van der Waals surface area contributed by atoms with Crippen LogP contribution in [0.25, 0.3) is 0 Å². The fraction of sp³-hybridized carbons (Fsp3) is 0.875. The molecular weight excluding hydrogens is 144 g/mol. The normalized spacial score (nSPS) is 26.8. The molecule has 1 fully saturated rings. The summed E-state index contributed by atoms with van der Waals surface area (Å²) >= 11 is 0. The Labute approximate surface area is 66.4 Å². The van der Waals surface area contributed by atoms with Crippen molar-refractivity contribution >= 4 is 5.97 Å². The maximum Gasteiger partial charge on any atom is 0.309 e. The van der Waals surface area contributed by atoms with E-state index in [0.29, 0.717) is 6.42 Å². The van der Waals surface area contributed by atoms with Crippen LogP contribution >= 0.6 is 0 Å². The minimum atomic E-state index is -0.723. The Morgan fingerprint density at radius 1 is 1.82 bits per heavy atom. The summed E-state index contributed by atoms with van der Waals surface area (Å²) in [6.07, 6.45) is 2.55. The first-order valence-corrected chi connectivity index (χ1v) is 4.10. The Bertz CT molecular complexity index is 138. The van der Waals surface area contributed by atoms with E-state index in [0.717, 1.165) is 19.4 Å². The molecule has 1 heterocycles. The van der Waals surface area contributed by atoms with Gasteiger partial charge in [0.25, 0.3) is 0 Å². The number of hydrogen-bond acceptors (Lipinski definition) is 2. The van der Waals surface area contributed by atoms with Gasteiger partial charge in [-0.2, -0.15) is 0 Å². The molecule has 3 nitrogen and oxygen atoms in total. The summed E-state index contributed by atoms with van der Waals surface area (Å²) in [6, 6.07) is 0. The Morgan fingerprint density at radius 2 is 2.55 bits per heavy atom. The highest BCUT2D eigenvalue weighted by molar-refractivity contribution is 5.70. The van der Waals surface area contributed by atoms with Crippen LogP contribution in [0.1, 0.15) is 26.2 Å². The van der Waals surface area contributed by atoms with Gasteiger partial charge in [-0.25, -0.2) is 0 Å². The lowest BCUT2D eigenvalue weighted by atomic mass is 9.98. The zero-order chi connectivity index (χ0) is 8.27. The topological polar surface area (TPSA) is 46.5 Å². The lowest BCUT2D eigenvalue weighted by Gasteiger charge is -2.16. The Morgan fingerprint density at radius 3 is 2.91 bits per heavy atom. The van der Waals surface area contributed by atoms with Crippen molar-refractivity contribution in [1.82, 2.24) is 0 Å². The monoisotopic (exact) mass is 158 g/mol. The van der Waals surface area contributed by atoms with E-state index in [2.05, 4.69) is 0 Å². The van der Waals surface area contributed by atoms with Gasteiger partial charge in [-0.3, -0.25) is 4.79 Å². The van der Waals surface area contributed by atoms with Crippen LogP contribution in [0.4, 0.5) is 0 Å². The molecule has 1 aliphatic rings. The smallest absolute Gasteiger partial charge is 0.309 e. The number of ether oxygens (including phenoxy) is 1. The third kappa shape index (κ3) is 1.93. The zero-order valence-corrected chi connectivity index (χ0v) is 6.75. The van der Waals surface area contributed by atoms with Gasteiger partial charge in [0.2, 0.25) is 0 Å². The van der Waals surface area contributed by atoms with Crippen molar-refractivity contribution in [3.63, 3.8) is 0 Å². The average Bonchev–Trinajstić information content (AvgIpc) is 2.40. The maximum absolute atomic E-state index is 10.6. The predicted molar refractivity (Wildman–Crippen MR) is 40.4 cm³/mol. The molecule has 0 saturated carbocycles. The summed E-state index contributed by atoms with van der Waals surface area (Å²) in [5.74, 6) is -1.02. The van der Waals surface area contributed by atoms with Crippen molar-refractivity contribution < 1.29 is 14.6 Å². The van der Waals surface area contributed by atoms with E-state index in [1.165, 1.54) is 0 Å². The van der Waals surface area contributed by atoms with E-state index in [4.69, 9.17) is 9.84 Å². The van der Waals surface area contributed by atoms with Crippen LogP contribution in [-0.4, -0.2) is 23.8 Å². The molecule has 1 unspecified atom stereocenters. The highest BCUT2D eigenvalue weighted by Gasteiger charge is 2.29. The van der Waals surface area contributed by atoms with Gasteiger partial charge in [-0.1, -0.05) is 6.92 Å². The molecule has 1 rings (SSSR count). The molecule has 0 spiro atoms.